The predicted octanol–water partition coefficient (Wildman–Crippen LogP) is 3.17. The standard InChI is InChI=1S/C18H17NO3/c1-2-17-16(12-20)19-18(22-17)13-8-10-15(11-9-13)21-14-6-4-3-5-7-14/h2-11,16-17,20H,1,12H2/t16-,17-/m0/s1. The molecule has 2 aromatic carbocycles. The minimum absolute atomic E-state index is 0.0601. The molecule has 1 aliphatic heterocycles. The van der Waals surface area contributed by atoms with Crippen LogP contribution >= 0.6 is 0 Å². The van der Waals surface area contributed by atoms with Crippen LogP contribution in [0.4, 0.5) is 0 Å². The first-order valence-electron chi connectivity index (χ1n) is 7.11. The molecule has 2 aromatic rings. The fourth-order valence-electron chi connectivity index (χ4n) is 2.24. The molecular weight excluding hydrogens is 278 g/mol. The van der Waals surface area contributed by atoms with Crippen LogP contribution in [-0.4, -0.2) is 29.8 Å². The molecule has 0 radical (unpaired) electrons. The molecule has 0 spiro atoms. The van der Waals surface area contributed by atoms with Gasteiger partial charge in [0.1, 0.15) is 23.6 Å². The molecule has 0 aromatic heterocycles. The smallest absolute Gasteiger partial charge is 0.217 e. The number of para-hydroxylation sites is 1. The first-order chi connectivity index (χ1) is 10.8. The third kappa shape index (κ3) is 3.02. The molecule has 0 saturated carbocycles. The number of nitrogens with zero attached hydrogens (tertiary/aromatic N) is 1. The van der Waals surface area contributed by atoms with Crippen LogP contribution in [0, 0.1) is 0 Å². The van der Waals surface area contributed by atoms with Gasteiger partial charge in [0, 0.05) is 5.56 Å². The van der Waals surface area contributed by atoms with Gasteiger partial charge in [-0.2, -0.15) is 0 Å². The number of aliphatic hydroxyl groups excluding tert-OH is 1. The Bertz CT molecular complexity index is 664. The summed E-state index contributed by atoms with van der Waals surface area (Å²) in [6, 6.07) is 16.8. The van der Waals surface area contributed by atoms with E-state index in [-0.39, 0.29) is 18.8 Å². The highest BCUT2D eigenvalue weighted by atomic mass is 16.5. The predicted molar refractivity (Wildman–Crippen MR) is 85.4 cm³/mol. The van der Waals surface area contributed by atoms with Crippen LogP contribution in [0.15, 0.2) is 72.2 Å². The van der Waals surface area contributed by atoms with Gasteiger partial charge in [0.05, 0.1) is 6.61 Å². The van der Waals surface area contributed by atoms with Crippen molar-refractivity contribution in [3.05, 3.63) is 72.8 Å². The van der Waals surface area contributed by atoms with Gasteiger partial charge in [-0.1, -0.05) is 24.8 Å². The van der Waals surface area contributed by atoms with Gasteiger partial charge in [0.25, 0.3) is 0 Å². The zero-order valence-electron chi connectivity index (χ0n) is 12.1. The SMILES string of the molecule is C=C[C@@H]1OC(c2ccc(Oc3ccccc3)cc2)=N[C@H]1CO. The molecule has 1 aliphatic rings. The summed E-state index contributed by atoms with van der Waals surface area (Å²) in [6.45, 7) is 3.64. The van der Waals surface area contributed by atoms with Crippen molar-refractivity contribution in [1.29, 1.82) is 0 Å². The number of hydrogen-bond acceptors (Lipinski definition) is 4. The molecule has 4 heteroatoms. The van der Waals surface area contributed by atoms with E-state index in [0.717, 1.165) is 17.1 Å². The number of aliphatic imine (C=N–C) groups is 1. The van der Waals surface area contributed by atoms with Crippen molar-refractivity contribution in [3.8, 4) is 11.5 Å². The highest BCUT2D eigenvalue weighted by Crippen LogP contribution is 2.24. The maximum Gasteiger partial charge on any atom is 0.217 e. The molecule has 22 heavy (non-hydrogen) atoms. The van der Waals surface area contributed by atoms with Crippen molar-refractivity contribution in [2.45, 2.75) is 12.1 Å². The van der Waals surface area contributed by atoms with E-state index in [1.807, 2.05) is 54.6 Å². The van der Waals surface area contributed by atoms with Gasteiger partial charge in [0.15, 0.2) is 0 Å². The Morgan fingerprint density at radius 2 is 1.77 bits per heavy atom. The highest BCUT2D eigenvalue weighted by Gasteiger charge is 2.28. The molecule has 2 atom stereocenters. The van der Waals surface area contributed by atoms with Crippen molar-refractivity contribution in [1.82, 2.24) is 0 Å². The second-order valence-corrected chi connectivity index (χ2v) is 4.94. The Kier molecular flexibility index (Phi) is 4.21. The van der Waals surface area contributed by atoms with Crippen molar-refractivity contribution >= 4 is 5.90 Å². The third-order valence-corrected chi connectivity index (χ3v) is 3.41. The van der Waals surface area contributed by atoms with Gasteiger partial charge in [-0.3, -0.25) is 0 Å². The molecule has 0 fully saturated rings. The fourth-order valence-corrected chi connectivity index (χ4v) is 2.24. The van der Waals surface area contributed by atoms with Gasteiger partial charge in [-0.05, 0) is 42.5 Å². The summed E-state index contributed by atoms with van der Waals surface area (Å²) >= 11 is 0. The highest BCUT2D eigenvalue weighted by molar-refractivity contribution is 5.95. The van der Waals surface area contributed by atoms with Crippen molar-refractivity contribution < 1.29 is 14.6 Å². The molecule has 0 bridgehead atoms. The largest absolute Gasteiger partial charge is 0.468 e. The van der Waals surface area contributed by atoms with Crippen LogP contribution in [0.5, 0.6) is 11.5 Å². The Hall–Kier alpha value is -2.59. The lowest BCUT2D eigenvalue weighted by Gasteiger charge is -2.11. The summed E-state index contributed by atoms with van der Waals surface area (Å²) in [5.74, 6) is 2.06. The van der Waals surface area contributed by atoms with E-state index >= 15 is 0 Å². The Morgan fingerprint density at radius 3 is 2.36 bits per heavy atom. The van der Waals surface area contributed by atoms with Gasteiger partial charge in [0.2, 0.25) is 5.90 Å². The number of aliphatic hydroxyl groups is 1. The van der Waals surface area contributed by atoms with Crippen LogP contribution in [-0.2, 0) is 4.74 Å². The summed E-state index contributed by atoms with van der Waals surface area (Å²) in [5.41, 5.74) is 0.850. The van der Waals surface area contributed by atoms with Crippen molar-refractivity contribution in [2.75, 3.05) is 6.61 Å². The fraction of sp³-hybridized carbons (Fsp3) is 0.167. The zero-order valence-corrected chi connectivity index (χ0v) is 12.1. The first-order valence-corrected chi connectivity index (χ1v) is 7.11. The van der Waals surface area contributed by atoms with Crippen LogP contribution < -0.4 is 4.74 Å². The average molecular weight is 295 g/mol. The maximum absolute atomic E-state index is 9.29. The van der Waals surface area contributed by atoms with Crippen LogP contribution in [0.1, 0.15) is 5.56 Å². The lowest BCUT2D eigenvalue weighted by Crippen LogP contribution is -2.23. The topological polar surface area (TPSA) is 51.0 Å². The number of ether oxygens (including phenoxy) is 2. The Labute approximate surface area is 129 Å². The summed E-state index contributed by atoms with van der Waals surface area (Å²) in [5, 5.41) is 9.29. The van der Waals surface area contributed by atoms with Crippen molar-refractivity contribution in [3.63, 3.8) is 0 Å². The van der Waals surface area contributed by atoms with E-state index < -0.39 is 0 Å². The molecular formula is C18H17NO3. The summed E-state index contributed by atoms with van der Waals surface area (Å²) in [4.78, 5) is 4.38. The molecule has 3 rings (SSSR count). The molecule has 0 saturated heterocycles. The summed E-state index contributed by atoms with van der Waals surface area (Å²) in [6.07, 6.45) is 1.38. The minimum atomic E-state index is -0.284. The summed E-state index contributed by atoms with van der Waals surface area (Å²) in [7, 11) is 0. The van der Waals surface area contributed by atoms with Gasteiger partial charge in [-0.15, -0.1) is 0 Å². The number of rotatable bonds is 5. The molecule has 0 amide bonds. The van der Waals surface area contributed by atoms with Crippen molar-refractivity contribution in [2.24, 2.45) is 4.99 Å². The third-order valence-electron chi connectivity index (χ3n) is 3.41. The average Bonchev–Trinajstić information content (AvgIpc) is 3.00. The van der Waals surface area contributed by atoms with Gasteiger partial charge in [-0.25, -0.2) is 4.99 Å². The minimum Gasteiger partial charge on any atom is -0.468 e. The quantitative estimate of drug-likeness (QED) is 0.862. The van der Waals surface area contributed by atoms with Gasteiger partial charge < -0.3 is 14.6 Å². The second kappa shape index (κ2) is 6.45. The van der Waals surface area contributed by atoms with Crippen LogP contribution in [0.3, 0.4) is 0 Å². The molecule has 4 nitrogen and oxygen atoms in total. The van der Waals surface area contributed by atoms with E-state index in [4.69, 9.17) is 9.47 Å². The molecule has 112 valence electrons. The molecule has 0 unspecified atom stereocenters. The Morgan fingerprint density at radius 1 is 1.09 bits per heavy atom. The molecule has 1 heterocycles. The van der Waals surface area contributed by atoms with E-state index in [1.54, 1.807) is 6.08 Å². The lowest BCUT2D eigenvalue weighted by atomic mass is 10.2. The van der Waals surface area contributed by atoms with E-state index in [1.165, 1.54) is 0 Å². The van der Waals surface area contributed by atoms with E-state index in [2.05, 4.69) is 11.6 Å². The maximum atomic E-state index is 9.29. The normalized spacial score (nSPS) is 20.1. The summed E-state index contributed by atoms with van der Waals surface area (Å²) < 4.78 is 11.4. The van der Waals surface area contributed by atoms with Crippen LogP contribution in [0.2, 0.25) is 0 Å². The van der Waals surface area contributed by atoms with Crippen LogP contribution in [0.25, 0.3) is 0 Å². The van der Waals surface area contributed by atoms with E-state index in [0.29, 0.717) is 5.90 Å². The molecule has 1 N–H and O–H groups in total. The second-order valence-electron chi connectivity index (χ2n) is 4.94. The Balaban J connectivity index is 1.73. The molecule has 0 aliphatic carbocycles. The number of benzene rings is 2. The van der Waals surface area contributed by atoms with Gasteiger partial charge >= 0.3 is 0 Å². The lowest BCUT2D eigenvalue weighted by molar-refractivity contribution is 0.184. The zero-order chi connectivity index (χ0) is 15.4. The first kappa shape index (κ1) is 14.4. The number of hydrogen-bond donors (Lipinski definition) is 1. The monoisotopic (exact) mass is 295 g/mol. The van der Waals surface area contributed by atoms with E-state index in [9.17, 15) is 5.11 Å².